The third kappa shape index (κ3) is 8.90. The molecular weight excluding hydrogens is 764 g/mol. The minimum atomic E-state index is -3.55. The summed E-state index contributed by atoms with van der Waals surface area (Å²) in [7, 11) is -3.55. The van der Waals surface area contributed by atoms with Gasteiger partial charge in [-0.25, -0.2) is 23.2 Å². The quantitative estimate of drug-likeness (QED) is 0.103. The Morgan fingerprint density at radius 2 is 1.82 bits per heavy atom. The number of nitrogens with one attached hydrogen (secondary N) is 2. The van der Waals surface area contributed by atoms with Crippen LogP contribution < -0.4 is 20.1 Å². The molecular formula is C39H37ClN6O9S. The van der Waals surface area contributed by atoms with Crippen LogP contribution in [-0.4, -0.2) is 72.6 Å². The molecule has 3 aromatic carbocycles. The van der Waals surface area contributed by atoms with E-state index in [1.807, 2.05) is 26.0 Å². The van der Waals surface area contributed by atoms with Gasteiger partial charge in [0.05, 0.1) is 29.5 Å². The Hall–Kier alpha value is -6.05. The molecule has 2 N–H and O–H groups in total. The normalized spacial score (nSPS) is 15.4. The summed E-state index contributed by atoms with van der Waals surface area (Å²) in [4.78, 5) is 58.5. The summed E-state index contributed by atoms with van der Waals surface area (Å²) in [6.07, 6.45) is 2.39. The number of rotatable bonds is 13. The SMILES string of the molecule is CC(C)(c1ccc(OCc2ccnc(S(C)(=O)=O)n2)cc1)c1cc(Cl)c(OCCCOC(=O)Nc2ccc3c(c2)CN(C2CCC(=O)NC2=O)C3=O)c(C#N)c1. The second kappa shape index (κ2) is 16.4. The van der Waals surface area contributed by atoms with E-state index in [0.29, 0.717) is 34.7 Å². The zero-order valence-electron chi connectivity index (χ0n) is 30.6. The van der Waals surface area contributed by atoms with E-state index >= 15 is 0 Å². The van der Waals surface area contributed by atoms with Gasteiger partial charge in [0, 0.05) is 48.5 Å². The Kier molecular flexibility index (Phi) is 11.6. The topological polar surface area (TPSA) is 207 Å². The van der Waals surface area contributed by atoms with E-state index in [4.69, 9.17) is 25.8 Å². The molecule has 1 unspecified atom stereocenters. The Morgan fingerprint density at radius 1 is 1.05 bits per heavy atom. The molecule has 0 spiro atoms. The van der Waals surface area contributed by atoms with Crippen LogP contribution in [0.4, 0.5) is 10.5 Å². The van der Waals surface area contributed by atoms with Crippen molar-refractivity contribution in [2.75, 3.05) is 24.8 Å². The summed E-state index contributed by atoms with van der Waals surface area (Å²) in [6.45, 7) is 4.31. The van der Waals surface area contributed by atoms with E-state index in [9.17, 15) is 32.9 Å². The highest BCUT2D eigenvalue weighted by molar-refractivity contribution is 7.90. The number of amides is 4. The van der Waals surface area contributed by atoms with Crippen LogP contribution in [0.5, 0.6) is 11.5 Å². The summed E-state index contributed by atoms with van der Waals surface area (Å²) < 4.78 is 40.5. The number of aromatic nitrogens is 2. The number of benzene rings is 3. The van der Waals surface area contributed by atoms with Gasteiger partial charge in [0.1, 0.15) is 24.5 Å². The summed E-state index contributed by atoms with van der Waals surface area (Å²) in [5.41, 5.74) is 3.23. The van der Waals surface area contributed by atoms with E-state index in [2.05, 4.69) is 26.7 Å². The molecule has 4 amide bonds. The van der Waals surface area contributed by atoms with Crippen molar-refractivity contribution in [2.45, 2.75) is 62.9 Å². The van der Waals surface area contributed by atoms with Crippen LogP contribution in [0.15, 0.2) is 72.0 Å². The number of halogens is 1. The van der Waals surface area contributed by atoms with Gasteiger partial charge in [0.25, 0.3) is 5.91 Å². The first-order valence-electron chi connectivity index (χ1n) is 17.5. The Morgan fingerprint density at radius 3 is 2.54 bits per heavy atom. The lowest BCUT2D eigenvalue weighted by Gasteiger charge is -2.29. The maximum Gasteiger partial charge on any atom is 0.411 e. The number of piperidine rings is 1. The summed E-state index contributed by atoms with van der Waals surface area (Å²) in [5.74, 6) is -0.418. The summed E-state index contributed by atoms with van der Waals surface area (Å²) in [6, 6.07) is 18.6. The molecule has 0 aliphatic carbocycles. The smallest absolute Gasteiger partial charge is 0.411 e. The summed E-state index contributed by atoms with van der Waals surface area (Å²) in [5, 5.41) is 14.9. The van der Waals surface area contributed by atoms with Crippen molar-refractivity contribution in [1.82, 2.24) is 20.2 Å². The maximum absolute atomic E-state index is 12.9. The van der Waals surface area contributed by atoms with E-state index in [1.54, 1.807) is 48.5 Å². The van der Waals surface area contributed by atoms with Gasteiger partial charge in [0.2, 0.25) is 26.8 Å². The molecule has 56 heavy (non-hydrogen) atoms. The zero-order valence-corrected chi connectivity index (χ0v) is 32.2. The average molecular weight is 801 g/mol. The lowest BCUT2D eigenvalue weighted by Crippen LogP contribution is -2.52. The number of anilines is 1. The fourth-order valence-corrected chi connectivity index (χ4v) is 7.12. The van der Waals surface area contributed by atoms with Crippen LogP contribution >= 0.6 is 11.6 Å². The van der Waals surface area contributed by atoms with Crippen molar-refractivity contribution in [2.24, 2.45) is 0 Å². The average Bonchev–Trinajstić information content (AvgIpc) is 3.48. The second-order valence-electron chi connectivity index (χ2n) is 13.7. The number of carbonyl (C=O) groups is 4. The number of ether oxygens (including phenoxy) is 3. The number of nitriles is 1. The minimum absolute atomic E-state index is 0.00361. The fourth-order valence-electron chi connectivity index (χ4n) is 6.32. The first-order chi connectivity index (χ1) is 26.6. The Balaban J connectivity index is 0.986. The molecule has 0 bridgehead atoms. The fraction of sp³-hybridized carbons (Fsp3) is 0.308. The number of sulfone groups is 1. The van der Waals surface area contributed by atoms with Gasteiger partial charge in [-0.1, -0.05) is 37.6 Å². The number of hydrogen-bond acceptors (Lipinski definition) is 12. The second-order valence-corrected chi connectivity index (χ2v) is 16.0. The number of hydrogen-bond donors (Lipinski definition) is 2. The van der Waals surface area contributed by atoms with E-state index in [-0.39, 0.29) is 72.5 Å². The Bertz CT molecular complexity index is 2360. The third-order valence-electron chi connectivity index (χ3n) is 9.41. The van der Waals surface area contributed by atoms with Gasteiger partial charge in [-0.15, -0.1) is 0 Å². The predicted molar refractivity (Wildman–Crippen MR) is 202 cm³/mol. The third-order valence-corrected chi connectivity index (χ3v) is 10.6. The number of fused-ring (bicyclic) bond motifs is 1. The van der Waals surface area contributed by atoms with Gasteiger partial charge < -0.3 is 19.1 Å². The molecule has 1 saturated heterocycles. The number of imide groups is 1. The molecule has 2 aliphatic heterocycles. The molecule has 2 aliphatic rings. The lowest BCUT2D eigenvalue weighted by molar-refractivity contribution is -0.136. The standard InChI is InChI=1S/C39H37ClN6O9S/c1-39(2,25-5-8-29(9-6-25)55-22-28-13-14-42-37(43-28)56(3,51)52)26-17-23(20-41)34(31(40)19-26)53-15-4-16-54-38(50)44-27-7-10-30-24(18-27)21-46(36(30)49)32-11-12-33(47)45-35(32)48/h5-10,13-14,17-19,32H,4,11-12,15-16,21-22H2,1-3H3,(H,44,50)(H,45,47,48). The number of nitrogens with zero attached hydrogens (tertiary/aromatic N) is 4. The van der Waals surface area contributed by atoms with Crippen LogP contribution in [0.2, 0.25) is 5.02 Å². The highest BCUT2D eigenvalue weighted by atomic mass is 35.5. The van der Waals surface area contributed by atoms with Crippen LogP contribution in [0, 0.1) is 11.3 Å². The van der Waals surface area contributed by atoms with E-state index in [0.717, 1.165) is 17.4 Å². The Labute approximate surface area is 327 Å². The van der Waals surface area contributed by atoms with Crippen molar-refractivity contribution < 1.29 is 41.8 Å². The van der Waals surface area contributed by atoms with Crippen molar-refractivity contribution in [3.63, 3.8) is 0 Å². The highest BCUT2D eigenvalue weighted by Crippen LogP contribution is 2.39. The van der Waals surface area contributed by atoms with E-state index < -0.39 is 33.3 Å². The summed E-state index contributed by atoms with van der Waals surface area (Å²) >= 11 is 6.64. The molecule has 15 nitrogen and oxygen atoms in total. The van der Waals surface area contributed by atoms with Crippen molar-refractivity contribution in [1.29, 1.82) is 5.26 Å². The van der Waals surface area contributed by atoms with Gasteiger partial charge >= 0.3 is 6.09 Å². The minimum Gasteiger partial charge on any atom is -0.490 e. The monoisotopic (exact) mass is 800 g/mol. The lowest BCUT2D eigenvalue weighted by atomic mass is 9.77. The largest absolute Gasteiger partial charge is 0.490 e. The molecule has 0 radical (unpaired) electrons. The molecule has 4 aromatic rings. The van der Waals surface area contributed by atoms with Gasteiger partial charge in [0.15, 0.2) is 5.75 Å². The van der Waals surface area contributed by atoms with Gasteiger partial charge in [-0.2, -0.15) is 5.26 Å². The highest BCUT2D eigenvalue weighted by Gasteiger charge is 2.39. The predicted octanol–water partition coefficient (Wildman–Crippen LogP) is 5.09. The molecule has 3 heterocycles. The van der Waals surface area contributed by atoms with E-state index in [1.165, 1.54) is 11.1 Å². The van der Waals surface area contributed by atoms with Gasteiger partial charge in [-0.05, 0) is 71.6 Å². The van der Waals surface area contributed by atoms with Crippen molar-refractivity contribution >= 4 is 50.9 Å². The molecule has 0 saturated carbocycles. The van der Waals surface area contributed by atoms with Gasteiger partial charge in [-0.3, -0.25) is 25.0 Å². The molecule has 1 atom stereocenters. The first-order valence-corrected chi connectivity index (χ1v) is 19.7. The molecule has 1 fully saturated rings. The molecule has 17 heteroatoms. The molecule has 1 aromatic heterocycles. The van der Waals surface area contributed by atoms with Crippen LogP contribution in [0.3, 0.4) is 0 Å². The maximum atomic E-state index is 12.9. The van der Waals surface area contributed by atoms with Crippen molar-refractivity contribution in [3.05, 3.63) is 105 Å². The van der Waals surface area contributed by atoms with Crippen LogP contribution in [-0.2, 0) is 42.7 Å². The van der Waals surface area contributed by atoms with Crippen molar-refractivity contribution in [3.8, 4) is 17.6 Å². The molecule has 6 rings (SSSR count). The molecule has 290 valence electrons. The van der Waals surface area contributed by atoms with Crippen LogP contribution in [0.1, 0.15) is 71.4 Å². The van der Waals surface area contributed by atoms with Crippen LogP contribution in [0.25, 0.3) is 0 Å². The zero-order chi connectivity index (χ0) is 40.2. The first kappa shape index (κ1) is 39.6. The number of carbonyl (C=O) groups excluding carboxylic acids is 4.